The van der Waals surface area contributed by atoms with Gasteiger partial charge in [0.2, 0.25) is 5.78 Å². The zero-order valence-electron chi connectivity index (χ0n) is 16.5. The van der Waals surface area contributed by atoms with E-state index in [-0.39, 0.29) is 6.54 Å². The number of piperidine rings is 1. The summed E-state index contributed by atoms with van der Waals surface area (Å²) in [5.74, 6) is -3.14. The normalized spacial score (nSPS) is 23.4. The fourth-order valence-electron chi connectivity index (χ4n) is 3.78. The van der Waals surface area contributed by atoms with E-state index in [2.05, 4.69) is 0 Å². The monoisotopic (exact) mass is 370 g/mol. The zero-order chi connectivity index (χ0) is 20.2. The quantitative estimate of drug-likeness (QED) is 0.569. The van der Waals surface area contributed by atoms with Gasteiger partial charge >= 0.3 is 0 Å². The summed E-state index contributed by atoms with van der Waals surface area (Å²) in [4.78, 5) is 39.6. The minimum Gasteiger partial charge on any atom is -0.547 e. The van der Waals surface area contributed by atoms with Crippen molar-refractivity contribution in [2.45, 2.75) is 58.4 Å². The molecule has 1 fully saturated rings. The fraction of sp³-hybridized carbons (Fsp3) is 0.500. The molecule has 1 amide bonds. The number of carboxylic acid groups (broad SMARTS) is 1. The van der Waals surface area contributed by atoms with Gasteiger partial charge in [0.1, 0.15) is 5.54 Å². The van der Waals surface area contributed by atoms with E-state index in [1.807, 2.05) is 37.3 Å². The molecule has 0 radical (unpaired) electrons. The molecule has 1 aromatic carbocycles. The van der Waals surface area contributed by atoms with E-state index in [1.165, 1.54) is 11.0 Å². The van der Waals surface area contributed by atoms with Crippen molar-refractivity contribution in [1.82, 2.24) is 4.90 Å². The molecule has 5 heteroatoms. The van der Waals surface area contributed by atoms with Gasteiger partial charge in [-0.15, -0.1) is 0 Å². The second-order valence-corrected chi connectivity index (χ2v) is 7.74. The van der Waals surface area contributed by atoms with Crippen LogP contribution in [0.4, 0.5) is 0 Å². The molecule has 27 heavy (non-hydrogen) atoms. The first-order chi connectivity index (χ1) is 12.7. The summed E-state index contributed by atoms with van der Waals surface area (Å²) in [6.45, 7) is 7.18. The summed E-state index contributed by atoms with van der Waals surface area (Å²) in [6.07, 6.45) is 4.83. The van der Waals surface area contributed by atoms with E-state index in [0.717, 1.165) is 5.56 Å². The molecule has 0 aromatic heterocycles. The van der Waals surface area contributed by atoms with Gasteiger partial charge in [-0.05, 0) is 31.7 Å². The van der Waals surface area contributed by atoms with E-state index in [1.54, 1.807) is 26.8 Å². The average molecular weight is 370 g/mol. The molecule has 5 nitrogen and oxygen atoms in total. The van der Waals surface area contributed by atoms with Gasteiger partial charge in [-0.1, -0.05) is 63.3 Å². The molecule has 1 aliphatic rings. The lowest BCUT2D eigenvalue weighted by atomic mass is 9.71. The van der Waals surface area contributed by atoms with Crippen molar-refractivity contribution in [1.29, 1.82) is 0 Å². The number of Topliss-reactive ketones (excluding diaryl/α,β-unsaturated/α-hetero) is 1. The van der Waals surface area contributed by atoms with Gasteiger partial charge in [0.15, 0.2) is 0 Å². The number of amides is 1. The number of likely N-dealkylation sites (tertiary alicyclic amines) is 1. The van der Waals surface area contributed by atoms with E-state index in [9.17, 15) is 19.5 Å². The maximum atomic E-state index is 13.1. The smallest absolute Gasteiger partial charge is 0.291 e. The van der Waals surface area contributed by atoms with Crippen molar-refractivity contribution in [3.05, 3.63) is 48.0 Å². The largest absolute Gasteiger partial charge is 0.547 e. The maximum Gasteiger partial charge on any atom is 0.291 e. The van der Waals surface area contributed by atoms with Crippen LogP contribution in [-0.4, -0.2) is 34.6 Å². The zero-order valence-corrected chi connectivity index (χ0v) is 16.5. The van der Waals surface area contributed by atoms with Gasteiger partial charge in [0, 0.05) is 17.9 Å². The first kappa shape index (κ1) is 20.9. The first-order valence-corrected chi connectivity index (χ1v) is 9.49. The summed E-state index contributed by atoms with van der Waals surface area (Å²) in [7, 11) is 0. The number of ketones is 1. The highest BCUT2D eigenvalue weighted by Gasteiger charge is 2.51. The molecule has 2 unspecified atom stereocenters. The molecule has 0 N–H and O–H groups in total. The van der Waals surface area contributed by atoms with Crippen LogP contribution in [0.2, 0.25) is 0 Å². The summed E-state index contributed by atoms with van der Waals surface area (Å²) in [5.41, 5.74) is -1.70. The van der Waals surface area contributed by atoms with Crippen molar-refractivity contribution in [3.8, 4) is 0 Å². The average Bonchev–Trinajstić information content (AvgIpc) is 2.67. The van der Waals surface area contributed by atoms with Crippen LogP contribution >= 0.6 is 0 Å². The Labute approximate surface area is 161 Å². The van der Waals surface area contributed by atoms with Crippen LogP contribution in [0.1, 0.15) is 58.4 Å². The second-order valence-electron chi connectivity index (χ2n) is 7.74. The van der Waals surface area contributed by atoms with Gasteiger partial charge < -0.3 is 14.8 Å². The topological polar surface area (TPSA) is 77.5 Å². The highest BCUT2D eigenvalue weighted by atomic mass is 16.4. The van der Waals surface area contributed by atoms with Crippen LogP contribution < -0.4 is 5.11 Å². The van der Waals surface area contributed by atoms with Crippen LogP contribution in [0.15, 0.2) is 42.5 Å². The van der Waals surface area contributed by atoms with Crippen LogP contribution in [0.3, 0.4) is 0 Å². The number of hydrogen-bond donors (Lipinski definition) is 0. The molecule has 1 aliphatic heterocycles. The molecule has 2 atom stereocenters. The Morgan fingerprint density at radius 1 is 1.26 bits per heavy atom. The van der Waals surface area contributed by atoms with Crippen LogP contribution in [0.5, 0.6) is 0 Å². The Morgan fingerprint density at radius 2 is 1.89 bits per heavy atom. The van der Waals surface area contributed by atoms with Crippen molar-refractivity contribution < 1.29 is 19.5 Å². The Bertz CT molecular complexity index is 738. The molecule has 1 saturated heterocycles. The molecule has 1 heterocycles. The minimum absolute atomic E-state index is 0.214. The second kappa shape index (κ2) is 8.07. The standard InChI is InChI=1S/C22H29NO4/c1-5-14-22(20(26)27)17(16-11-8-7-9-12-16)13-10-15-23(22)19(25)18(24)21(3,4)6-2/h5,7-9,11-12,14,17H,6,10,13,15H2,1-4H3,(H,26,27)/p-1/b14-5+. The lowest BCUT2D eigenvalue weighted by Gasteiger charge is -2.51. The number of nitrogens with zero attached hydrogens (tertiary/aromatic N) is 1. The summed E-state index contributed by atoms with van der Waals surface area (Å²) >= 11 is 0. The van der Waals surface area contributed by atoms with Gasteiger partial charge in [-0.3, -0.25) is 9.59 Å². The number of hydrogen-bond acceptors (Lipinski definition) is 4. The number of benzene rings is 1. The summed E-state index contributed by atoms with van der Waals surface area (Å²) < 4.78 is 0. The molecule has 2 rings (SSSR count). The number of carbonyl (C=O) groups excluding carboxylic acids is 3. The third kappa shape index (κ3) is 3.68. The number of allylic oxidation sites excluding steroid dienone is 1. The van der Waals surface area contributed by atoms with E-state index in [0.29, 0.717) is 19.3 Å². The third-order valence-corrected chi connectivity index (χ3v) is 5.74. The number of carbonyl (C=O) groups is 3. The summed E-state index contributed by atoms with van der Waals surface area (Å²) in [5, 5.41) is 12.4. The number of rotatable bonds is 6. The molecule has 0 spiro atoms. The molecule has 1 aromatic rings. The Balaban J connectivity index is 2.60. The lowest BCUT2D eigenvalue weighted by molar-refractivity contribution is -0.318. The van der Waals surface area contributed by atoms with E-state index < -0.39 is 34.5 Å². The maximum absolute atomic E-state index is 13.1. The summed E-state index contributed by atoms with van der Waals surface area (Å²) in [6, 6.07) is 9.27. The highest BCUT2D eigenvalue weighted by molar-refractivity contribution is 6.38. The van der Waals surface area contributed by atoms with Crippen LogP contribution in [0, 0.1) is 5.41 Å². The van der Waals surface area contributed by atoms with E-state index in [4.69, 9.17) is 0 Å². The van der Waals surface area contributed by atoms with Gasteiger partial charge in [0.05, 0.1) is 5.97 Å². The molecular weight excluding hydrogens is 342 g/mol. The van der Waals surface area contributed by atoms with Crippen molar-refractivity contribution >= 4 is 17.7 Å². The SMILES string of the molecule is C/C=C/C1(C(=O)[O-])C(c2ccccc2)CCCN1C(=O)C(=O)C(C)(C)CC. The third-order valence-electron chi connectivity index (χ3n) is 5.74. The Hall–Kier alpha value is -2.43. The molecule has 0 saturated carbocycles. The molecule has 0 aliphatic carbocycles. The Kier molecular flexibility index (Phi) is 6.24. The van der Waals surface area contributed by atoms with Crippen LogP contribution in [-0.2, 0) is 14.4 Å². The van der Waals surface area contributed by atoms with E-state index >= 15 is 0 Å². The highest BCUT2D eigenvalue weighted by Crippen LogP contribution is 2.42. The predicted molar refractivity (Wildman–Crippen MR) is 102 cm³/mol. The Morgan fingerprint density at radius 3 is 2.41 bits per heavy atom. The predicted octanol–water partition coefficient (Wildman–Crippen LogP) is 2.46. The van der Waals surface area contributed by atoms with Gasteiger partial charge in [0.25, 0.3) is 5.91 Å². The fourth-order valence-corrected chi connectivity index (χ4v) is 3.78. The number of aliphatic carboxylic acids is 1. The minimum atomic E-state index is -1.68. The first-order valence-electron chi connectivity index (χ1n) is 9.49. The van der Waals surface area contributed by atoms with Crippen molar-refractivity contribution in [2.75, 3.05) is 6.54 Å². The number of carboxylic acids is 1. The molecular formula is C22H28NO4-. The molecule has 146 valence electrons. The molecule has 0 bridgehead atoms. The van der Waals surface area contributed by atoms with Crippen LogP contribution in [0.25, 0.3) is 0 Å². The van der Waals surface area contributed by atoms with Crippen molar-refractivity contribution in [3.63, 3.8) is 0 Å². The lowest BCUT2D eigenvalue weighted by Crippen LogP contribution is -2.67. The van der Waals surface area contributed by atoms with Gasteiger partial charge in [-0.2, -0.15) is 0 Å². The van der Waals surface area contributed by atoms with Crippen molar-refractivity contribution in [2.24, 2.45) is 5.41 Å². The van der Waals surface area contributed by atoms with Gasteiger partial charge in [-0.25, -0.2) is 0 Å².